The summed E-state index contributed by atoms with van der Waals surface area (Å²) in [5.74, 6) is -0.291. The third-order valence-electron chi connectivity index (χ3n) is 1.65. The van der Waals surface area contributed by atoms with Gasteiger partial charge in [0.1, 0.15) is 10.8 Å². The number of thiophene rings is 1. The highest BCUT2D eigenvalue weighted by atomic mass is 32.1. The van der Waals surface area contributed by atoms with Gasteiger partial charge in [-0.05, 0) is 18.2 Å². The largest absolute Gasteiger partial charge is 0.241 e. The maximum atomic E-state index is 13.1. The van der Waals surface area contributed by atoms with Crippen LogP contribution >= 0.6 is 11.3 Å². The predicted octanol–water partition coefficient (Wildman–Crippen LogP) is 3.01. The molecule has 64 valence electrons. The molecule has 1 aromatic heterocycles. The van der Waals surface area contributed by atoms with Crippen LogP contribution < -0.4 is 0 Å². The number of halogens is 1. The Morgan fingerprint density at radius 1 is 1.46 bits per heavy atom. The highest BCUT2D eigenvalue weighted by molar-refractivity contribution is 7.22. The number of carbonyl (C=O) groups excluding carboxylic acids is 1. The summed E-state index contributed by atoms with van der Waals surface area (Å²) < 4.78 is 13.9. The first-order valence-electron chi connectivity index (χ1n) is 3.57. The second kappa shape index (κ2) is 3.09. The smallest absolute Gasteiger partial charge is 0.211 e. The van der Waals surface area contributed by atoms with Gasteiger partial charge in [-0.15, -0.1) is 11.3 Å². The highest BCUT2D eigenvalue weighted by Crippen LogP contribution is 2.32. The van der Waals surface area contributed by atoms with Crippen LogP contribution in [0.1, 0.15) is 0 Å². The number of isocyanates is 1. The zero-order valence-corrected chi connectivity index (χ0v) is 7.27. The Bertz CT molecular complexity index is 499. The number of aliphatic imine (C=N–C) groups is 1. The van der Waals surface area contributed by atoms with Crippen molar-refractivity contribution in [2.75, 3.05) is 0 Å². The fourth-order valence-corrected chi connectivity index (χ4v) is 2.01. The van der Waals surface area contributed by atoms with Gasteiger partial charge in [0.05, 0.1) is 0 Å². The molecule has 0 bridgehead atoms. The summed E-state index contributed by atoms with van der Waals surface area (Å²) in [6.07, 6.45) is 1.43. The molecule has 0 amide bonds. The summed E-state index contributed by atoms with van der Waals surface area (Å²) in [6.45, 7) is 0. The minimum Gasteiger partial charge on any atom is -0.211 e. The van der Waals surface area contributed by atoms with Crippen LogP contribution in [0.5, 0.6) is 0 Å². The molecule has 0 spiro atoms. The predicted molar refractivity (Wildman–Crippen MR) is 49.6 cm³/mol. The van der Waals surface area contributed by atoms with Gasteiger partial charge in [0.2, 0.25) is 6.08 Å². The number of hydrogen-bond acceptors (Lipinski definition) is 3. The minimum atomic E-state index is -0.291. The van der Waals surface area contributed by atoms with E-state index in [2.05, 4.69) is 4.99 Å². The van der Waals surface area contributed by atoms with Crippen molar-refractivity contribution in [3.05, 3.63) is 30.1 Å². The first-order valence-corrected chi connectivity index (χ1v) is 4.39. The summed E-state index contributed by atoms with van der Waals surface area (Å²) in [7, 11) is 0. The first kappa shape index (κ1) is 8.10. The third kappa shape index (κ3) is 1.37. The Kier molecular flexibility index (Phi) is 1.93. The van der Waals surface area contributed by atoms with Gasteiger partial charge in [0.15, 0.2) is 0 Å². The molecule has 0 aliphatic heterocycles. The molecule has 0 saturated heterocycles. The van der Waals surface area contributed by atoms with E-state index < -0.39 is 0 Å². The second-order valence-corrected chi connectivity index (χ2v) is 3.50. The van der Waals surface area contributed by atoms with E-state index in [1.165, 1.54) is 23.5 Å². The zero-order chi connectivity index (χ0) is 9.26. The molecule has 4 heteroatoms. The van der Waals surface area contributed by atoms with Crippen LogP contribution in [0.25, 0.3) is 10.1 Å². The van der Waals surface area contributed by atoms with Crippen LogP contribution in [-0.2, 0) is 4.79 Å². The maximum absolute atomic E-state index is 13.1. The van der Waals surface area contributed by atoms with Gasteiger partial charge < -0.3 is 0 Å². The number of benzene rings is 1. The van der Waals surface area contributed by atoms with Crippen molar-refractivity contribution in [1.29, 1.82) is 0 Å². The molecule has 0 radical (unpaired) electrons. The van der Waals surface area contributed by atoms with Crippen LogP contribution in [0.2, 0.25) is 0 Å². The molecule has 0 aliphatic carbocycles. The molecule has 0 fully saturated rings. The monoisotopic (exact) mass is 193 g/mol. The molecule has 2 rings (SSSR count). The number of hydrogen-bond donors (Lipinski definition) is 0. The first-order chi connectivity index (χ1) is 6.31. The molecular weight excluding hydrogens is 189 g/mol. The van der Waals surface area contributed by atoms with E-state index in [-0.39, 0.29) is 5.82 Å². The van der Waals surface area contributed by atoms with Crippen molar-refractivity contribution in [2.45, 2.75) is 0 Å². The minimum absolute atomic E-state index is 0.291. The van der Waals surface area contributed by atoms with Crippen molar-refractivity contribution >= 4 is 32.5 Å². The Morgan fingerprint density at radius 3 is 3.00 bits per heavy atom. The van der Waals surface area contributed by atoms with E-state index in [9.17, 15) is 9.18 Å². The summed E-state index contributed by atoms with van der Waals surface area (Å²) in [4.78, 5) is 13.4. The lowest BCUT2D eigenvalue weighted by molar-refractivity contribution is 0.565. The lowest BCUT2D eigenvalue weighted by Gasteiger charge is -1.87. The summed E-state index contributed by atoms with van der Waals surface area (Å²) in [5, 5.41) is 0.983. The Labute approximate surface area is 77.3 Å². The van der Waals surface area contributed by atoms with Gasteiger partial charge in [0, 0.05) is 10.1 Å². The van der Waals surface area contributed by atoms with E-state index in [1.807, 2.05) is 0 Å². The van der Waals surface area contributed by atoms with Gasteiger partial charge in [-0.3, -0.25) is 0 Å². The van der Waals surface area contributed by atoms with E-state index in [4.69, 9.17) is 0 Å². The molecule has 2 nitrogen and oxygen atoms in total. The Hall–Kier alpha value is -1.51. The van der Waals surface area contributed by atoms with Gasteiger partial charge in [-0.1, -0.05) is 6.07 Å². The number of fused-ring (bicyclic) bond motifs is 1. The van der Waals surface area contributed by atoms with E-state index >= 15 is 0 Å². The van der Waals surface area contributed by atoms with Crippen LogP contribution in [0.3, 0.4) is 0 Å². The van der Waals surface area contributed by atoms with Gasteiger partial charge in [-0.25, -0.2) is 9.18 Å². The highest BCUT2D eigenvalue weighted by Gasteiger charge is 2.04. The van der Waals surface area contributed by atoms with Crippen molar-refractivity contribution < 1.29 is 9.18 Å². The zero-order valence-electron chi connectivity index (χ0n) is 6.45. The summed E-state index contributed by atoms with van der Waals surface area (Å²) in [6, 6.07) is 6.33. The fourth-order valence-electron chi connectivity index (χ4n) is 1.11. The standard InChI is InChI=1S/C9H4FNOS/c10-7-2-1-3-8-6(7)4-9(13-8)11-5-12/h1-4H. The van der Waals surface area contributed by atoms with E-state index in [1.54, 1.807) is 18.2 Å². The lowest BCUT2D eigenvalue weighted by atomic mass is 10.2. The van der Waals surface area contributed by atoms with Crippen molar-refractivity contribution in [3.8, 4) is 0 Å². The van der Waals surface area contributed by atoms with Gasteiger partial charge >= 0.3 is 0 Å². The molecule has 0 unspecified atom stereocenters. The average molecular weight is 193 g/mol. The molecular formula is C9H4FNOS. The summed E-state index contributed by atoms with van der Waals surface area (Å²) >= 11 is 1.27. The Balaban J connectivity index is 2.75. The molecule has 1 aromatic carbocycles. The maximum Gasteiger partial charge on any atom is 0.241 e. The van der Waals surface area contributed by atoms with E-state index in [0.717, 1.165) is 4.70 Å². The molecule has 0 atom stereocenters. The summed E-state index contributed by atoms with van der Waals surface area (Å²) in [5.41, 5.74) is 0. The third-order valence-corrected chi connectivity index (χ3v) is 2.65. The molecule has 2 aromatic rings. The topological polar surface area (TPSA) is 29.4 Å². The lowest BCUT2D eigenvalue weighted by Crippen LogP contribution is -1.70. The number of nitrogens with zero attached hydrogens (tertiary/aromatic N) is 1. The van der Waals surface area contributed by atoms with Crippen molar-refractivity contribution in [2.24, 2.45) is 4.99 Å². The van der Waals surface area contributed by atoms with Crippen LogP contribution in [0.4, 0.5) is 9.39 Å². The molecule has 1 heterocycles. The van der Waals surface area contributed by atoms with Crippen LogP contribution in [0, 0.1) is 5.82 Å². The van der Waals surface area contributed by atoms with Crippen molar-refractivity contribution in [3.63, 3.8) is 0 Å². The Morgan fingerprint density at radius 2 is 2.31 bits per heavy atom. The van der Waals surface area contributed by atoms with Crippen LogP contribution in [0.15, 0.2) is 29.3 Å². The SMILES string of the molecule is O=C=Nc1cc2c(F)cccc2s1. The molecule has 0 N–H and O–H groups in total. The van der Waals surface area contributed by atoms with Crippen molar-refractivity contribution in [1.82, 2.24) is 0 Å². The second-order valence-electron chi connectivity index (χ2n) is 2.44. The molecule has 13 heavy (non-hydrogen) atoms. The quantitative estimate of drug-likeness (QED) is 0.505. The molecule has 0 aliphatic rings. The average Bonchev–Trinajstić information content (AvgIpc) is 2.49. The van der Waals surface area contributed by atoms with E-state index in [0.29, 0.717) is 10.4 Å². The molecule has 0 saturated carbocycles. The van der Waals surface area contributed by atoms with Crippen LogP contribution in [-0.4, -0.2) is 6.08 Å². The van der Waals surface area contributed by atoms with Gasteiger partial charge in [0.25, 0.3) is 0 Å². The fraction of sp³-hybridized carbons (Fsp3) is 0. The van der Waals surface area contributed by atoms with Gasteiger partial charge in [-0.2, -0.15) is 4.99 Å². The normalized spacial score (nSPS) is 9.92. The number of rotatable bonds is 1.